The summed E-state index contributed by atoms with van der Waals surface area (Å²) in [6.07, 6.45) is 4.60. The monoisotopic (exact) mass is 297 g/mol. The van der Waals surface area contributed by atoms with Crippen molar-refractivity contribution in [2.24, 2.45) is 0 Å². The van der Waals surface area contributed by atoms with Gasteiger partial charge in [-0.25, -0.2) is 0 Å². The topological polar surface area (TPSA) is 56.5 Å². The Kier molecular flexibility index (Phi) is 4.25. The van der Waals surface area contributed by atoms with Crippen LogP contribution >= 0.6 is 11.8 Å². The molecular formula is C15H15N5S. The highest BCUT2D eigenvalue weighted by Crippen LogP contribution is 2.19. The molecule has 0 bridgehead atoms. The fourth-order valence-electron chi connectivity index (χ4n) is 2.00. The maximum atomic E-state index is 4.11. The molecular weight excluding hydrogens is 282 g/mol. The molecule has 0 aliphatic heterocycles. The molecule has 3 aromatic rings. The minimum absolute atomic E-state index is 0.814. The van der Waals surface area contributed by atoms with E-state index in [0.29, 0.717) is 0 Å². The Hall–Kier alpha value is -2.21. The van der Waals surface area contributed by atoms with Crippen LogP contribution in [0.1, 0.15) is 11.1 Å². The SMILES string of the molecule is Cc1cccc(-n2nnnc2SCCc2ccncc2)c1. The number of thioether (sulfide) groups is 1. The molecule has 0 fully saturated rings. The molecule has 0 saturated heterocycles. The summed E-state index contributed by atoms with van der Waals surface area (Å²) in [4.78, 5) is 4.02. The van der Waals surface area contributed by atoms with Gasteiger partial charge in [-0.15, -0.1) is 5.10 Å². The molecule has 3 rings (SSSR count). The van der Waals surface area contributed by atoms with Gasteiger partial charge in [-0.05, 0) is 59.2 Å². The van der Waals surface area contributed by atoms with Crippen LogP contribution in [0.25, 0.3) is 5.69 Å². The van der Waals surface area contributed by atoms with Gasteiger partial charge in [-0.1, -0.05) is 23.9 Å². The molecule has 0 aliphatic carbocycles. The van der Waals surface area contributed by atoms with E-state index in [-0.39, 0.29) is 0 Å². The Morgan fingerprint density at radius 3 is 2.81 bits per heavy atom. The number of rotatable bonds is 5. The molecule has 2 aromatic heterocycles. The lowest BCUT2D eigenvalue weighted by Crippen LogP contribution is -2.00. The normalized spacial score (nSPS) is 10.7. The van der Waals surface area contributed by atoms with Crippen molar-refractivity contribution in [2.45, 2.75) is 18.5 Å². The van der Waals surface area contributed by atoms with Crippen molar-refractivity contribution < 1.29 is 0 Å². The number of aryl methyl sites for hydroxylation is 2. The first-order chi connectivity index (χ1) is 10.3. The molecule has 0 spiro atoms. The van der Waals surface area contributed by atoms with E-state index in [4.69, 9.17) is 0 Å². The maximum absolute atomic E-state index is 4.11. The molecule has 5 nitrogen and oxygen atoms in total. The molecule has 0 radical (unpaired) electrons. The fourth-order valence-corrected chi connectivity index (χ4v) is 2.88. The number of tetrazole rings is 1. The lowest BCUT2D eigenvalue weighted by molar-refractivity contribution is 0.755. The first-order valence-corrected chi connectivity index (χ1v) is 7.68. The van der Waals surface area contributed by atoms with Crippen LogP contribution in [-0.2, 0) is 6.42 Å². The van der Waals surface area contributed by atoms with Gasteiger partial charge < -0.3 is 0 Å². The lowest BCUT2D eigenvalue weighted by atomic mass is 10.2. The second kappa shape index (κ2) is 6.49. The predicted octanol–water partition coefficient (Wildman–Crippen LogP) is 2.70. The van der Waals surface area contributed by atoms with E-state index in [1.54, 1.807) is 16.4 Å². The summed E-state index contributed by atoms with van der Waals surface area (Å²) in [6.45, 7) is 2.06. The van der Waals surface area contributed by atoms with Crippen molar-refractivity contribution in [2.75, 3.05) is 5.75 Å². The summed E-state index contributed by atoms with van der Waals surface area (Å²) < 4.78 is 1.78. The van der Waals surface area contributed by atoms with E-state index in [0.717, 1.165) is 23.0 Å². The Balaban J connectivity index is 1.69. The highest BCUT2D eigenvalue weighted by molar-refractivity contribution is 7.99. The highest BCUT2D eigenvalue weighted by atomic mass is 32.2. The number of hydrogen-bond acceptors (Lipinski definition) is 5. The molecule has 2 heterocycles. The van der Waals surface area contributed by atoms with Crippen molar-refractivity contribution in [1.82, 2.24) is 25.2 Å². The first-order valence-electron chi connectivity index (χ1n) is 6.70. The van der Waals surface area contributed by atoms with Crippen LogP contribution in [0.5, 0.6) is 0 Å². The van der Waals surface area contributed by atoms with Gasteiger partial charge >= 0.3 is 0 Å². The minimum Gasteiger partial charge on any atom is -0.265 e. The minimum atomic E-state index is 0.814. The van der Waals surface area contributed by atoms with Crippen LogP contribution in [0.3, 0.4) is 0 Å². The zero-order valence-corrected chi connectivity index (χ0v) is 12.5. The summed E-state index contributed by atoms with van der Waals surface area (Å²) in [5.74, 6) is 0.927. The van der Waals surface area contributed by atoms with E-state index < -0.39 is 0 Å². The van der Waals surface area contributed by atoms with E-state index in [2.05, 4.69) is 39.6 Å². The Bertz CT molecular complexity index is 711. The second-order valence-corrected chi connectivity index (χ2v) is 5.73. The molecule has 0 unspecified atom stereocenters. The number of benzene rings is 1. The Labute approximate surface area is 127 Å². The summed E-state index contributed by atoms with van der Waals surface area (Å²) >= 11 is 1.66. The smallest absolute Gasteiger partial charge is 0.214 e. The van der Waals surface area contributed by atoms with Crippen LogP contribution < -0.4 is 0 Å². The van der Waals surface area contributed by atoms with E-state index in [9.17, 15) is 0 Å². The number of pyridine rings is 1. The molecule has 6 heteroatoms. The van der Waals surface area contributed by atoms with Gasteiger partial charge in [0.2, 0.25) is 5.16 Å². The van der Waals surface area contributed by atoms with Gasteiger partial charge in [0, 0.05) is 18.1 Å². The van der Waals surface area contributed by atoms with Crippen molar-refractivity contribution in [3.05, 3.63) is 59.9 Å². The standard InChI is InChI=1S/C15H15N5S/c1-12-3-2-4-14(11-12)20-15(17-18-19-20)21-10-7-13-5-8-16-9-6-13/h2-6,8-9,11H,7,10H2,1H3. The fraction of sp³-hybridized carbons (Fsp3) is 0.200. The van der Waals surface area contributed by atoms with Gasteiger partial charge in [-0.2, -0.15) is 4.68 Å². The second-order valence-electron chi connectivity index (χ2n) is 4.67. The van der Waals surface area contributed by atoms with E-state index in [1.807, 2.05) is 36.7 Å². The Morgan fingerprint density at radius 1 is 1.14 bits per heavy atom. The van der Waals surface area contributed by atoms with Crippen molar-refractivity contribution in [3.8, 4) is 5.69 Å². The number of hydrogen-bond donors (Lipinski definition) is 0. The highest BCUT2D eigenvalue weighted by Gasteiger charge is 2.08. The van der Waals surface area contributed by atoms with Crippen LogP contribution in [-0.4, -0.2) is 30.9 Å². The largest absolute Gasteiger partial charge is 0.265 e. The average molecular weight is 297 g/mol. The van der Waals surface area contributed by atoms with Crippen molar-refractivity contribution in [3.63, 3.8) is 0 Å². The zero-order chi connectivity index (χ0) is 14.5. The van der Waals surface area contributed by atoms with Crippen LogP contribution in [0.15, 0.2) is 53.9 Å². The van der Waals surface area contributed by atoms with E-state index >= 15 is 0 Å². The molecule has 21 heavy (non-hydrogen) atoms. The summed E-state index contributed by atoms with van der Waals surface area (Å²) in [5.41, 5.74) is 3.45. The number of aromatic nitrogens is 5. The van der Waals surface area contributed by atoms with Crippen molar-refractivity contribution in [1.29, 1.82) is 0 Å². The summed E-state index contributed by atoms with van der Waals surface area (Å²) in [7, 11) is 0. The van der Waals surface area contributed by atoms with Gasteiger partial charge in [0.05, 0.1) is 5.69 Å². The maximum Gasteiger partial charge on any atom is 0.214 e. The quantitative estimate of drug-likeness (QED) is 0.678. The van der Waals surface area contributed by atoms with Crippen LogP contribution in [0.4, 0.5) is 0 Å². The molecule has 1 aromatic carbocycles. The molecule has 0 amide bonds. The summed E-state index contributed by atoms with van der Waals surface area (Å²) in [5, 5.41) is 12.8. The molecule has 106 valence electrons. The summed E-state index contributed by atoms with van der Waals surface area (Å²) in [6, 6.07) is 12.2. The zero-order valence-electron chi connectivity index (χ0n) is 11.7. The third-order valence-corrected chi connectivity index (χ3v) is 3.98. The van der Waals surface area contributed by atoms with Gasteiger partial charge in [0.15, 0.2) is 0 Å². The molecule has 0 atom stereocenters. The molecule has 0 aliphatic rings. The predicted molar refractivity (Wildman–Crippen MR) is 82.6 cm³/mol. The lowest BCUT2D eigenvalue weighted by Gasteiger charge is -2.05. The van der Waals surface area contributed by atoms with Gasteiger partial charge in [-0.3, -0.25) is 4.98 Å². The van der Waals surface area contributed by atoms with Crippen LogP contribution in [0, 0.1) is 6.92 Å². The van der Waals surface area contributed by atoms with E-state index in [1.165, 1.54) is 11.1 Å². The Morgan fingerprint density at radius 2 is 2.00 bits per heavy atom. The third kappa shape index (κ3) is 3.46. The molecule has 0 saturated carbocycles. The third-order valence-electron chi connectivity index (χ3n) is 3.06. The van der Waals surface area contributed by atoms with Gasteiger partial charge in [0.25, 0.3) is 0 Å². The van der Waals surface area contributed by atoms with Crippen LogP contribution in [0.2, 0.25) is 0 Å². The molecule has 0 N–H and O–H groups in total. The number of nitrogens with zero attached hydrogens (tertiary/aromatic N) is 5. The van der Waals surface area contributed by atoms with Crippen molar-refractivity contribution >= 4 is 11.8 Å². The average Bonchev–Trinajstić information content (AvgIpc) is 2.97. The first kappa shape index (κ1) is 13.8. The van der Waals surface area contributed by atoms with Gasteiger partial charge in [0.1, 0.15) is 0 Å².